The molecule has 2 heterocycles. The topological polar surface area (TPSA) is 120 Å². The predicted molar refractivity (Wildman–Crippen MR) is 105 cm³/mol. The van der Waals surface area contributed by atoms with Gasteiger partial charge in [0.2, 0.25) is 11.6 Å². The van der Waals surface area contributed by atoms with E-state index < -0.39 is 17.2 Å². The number of piperidine rings is 1. The van der Waals surface area contributed by atoms with Crippen LogP contribution in [0.4, 0.5) is 11.6 Å². The van der Waals surface area contributed by atoms with Crippen molar-refractivity contribution in [1.82, 2.24) is 13.6 Å². The summed E-state index contributed by atoms with van der Waals surface area (Å²) in [6.07, 6.45) is 3.18. The third kappa shape index (κ3) is 6.40. The van der Waals surface area contributed by atoms with Crippen molar-refractivity contribution in [1.29, 1.82) is 0 Å². The number of nitrogens with one attached hydrogen (secondary N) is 1. The minimum absolute atomic E-state index is 0.0898. The Kier molecular flexibility index (Phi) is 7.36. The Morgan fingerprint density at radius 2 is 2.04 bits per heavy atom. The first-order chi connectivity index (χ1) is 13.1. The van der Waals surface area contributed by atoms with Gasteiger partial charge in [0.15, 0.2) is 11.1 Å². The van der Waals surface area contributed by atoms with Crippen LogP contribution in [-0.4, -0.2) is 55.7 Å². The van der Waals surface area contributed by atoms with Crippen LogP contribution in [0.1, 0.15) is 30.4 Å². The lowest BCUT2D eigenvalue weighted by atomic mass is 10.1. The van der Waals surface area contributed by atoms with Gasteiger partial charge in [0.25, 0.3) is 0 Å². The van der Waals surface area contributed by atoms with E-state index in [1.807, 2.05) is 6.07 Å². The lowest BCUT2D eigenvalue weighted by Gasteiger charge is -2.26. The van der Waals surface area contributed by atoms with E-state index in [9.17, 15) is 9.66 Å². The Hall–Kier alpha value is -1.78. The maximum Gasteiger partial charge on any atom is 0.232 e. The zero-order valence-electron chi connectivity index (χ0n) is 15.3. The van der Waals surface area contributed by atoms with Crippen molar-refractivity contribution in [3.8, 4) is 0 Å². The molecule has 1 aliphatic heterocycles. The molecule has 1 aliphatic rings. The molecular weight excluding hydrogens is 366 g/mol. The van der Waals surface area contributed by atoms with Crippen LogP contribution < -0.4 is 11.1 Å². The van der Waals surface area contributed by atoms with Gasteiger partial charge in [0.05, 0.1) is 19.3 Å². The highest BCUT2D eigenvalue weighted by atomic mass is 32.2. The van der Waals surface area contributed by atoms with E-state index in [1.165, 1.54) is 37.9 Å². The molecule has 1 aromatic carbocycles. The lowest BCUT2D eigenvalue weighted by Crippen LogP contribution is -2.29. The Balaban J connectivity index is 1.39. The number of nitrogens with zero attached hydrogens (tertiary/aromatic N) is 3. The zero-order chi connectivity index (χ0) is 19.1. The maximum absolute atomic E-state index is 11.1. The summed E-state index contributed by atoms with van der Waals surface area (Å²) in [7, 11) is 0. The average Bonchev–Trinajstić information content (AvgIpc) is 2.98. The van der Waals surface area contributed by atoms with Gasteiger partial charge in [-0.3, -0.25) is 4.90 Å². The van der Waals surface area contributed by atoms with Gasteiger partial charge in [-0.15, -0.1) is 0 Å². The van der Waals surface area contributed by atoms with E-state index in [0.29, 0.717) is 6.61 Å². The summed E-state index contributed by atoms with van der Waals surface area (Å²) in [5, 5.41) is 12.8. The Morgan fingerprint density at radius 1 is 1.26 bits per heavy atom. The summed E-state index contributed by atoms with van der Waals surface area (Å²) < 4.78 is 24.0. The number of aliphatic hydroxyl groups excluding tert-OH is 1. The molecule has 0 spiro atoms. The number of likely N-dealkylation sites (tertiary alicyclic amines) is 1. The van der Waals surface area contributed by atoms with Crippen LogP contribution in [0, 0.1) is 0 Å². The van der Waals surface area contributed by atoms with Gasteiger partial charge in [0, 0.05) is 21.8 Å². The smallest absolute Gasteiger partial charge is 0.232 e. The average molecular weight is 394 g/mol. The summed E-state index contributed by atoms with van der Waals surface area (Å²) >= 11 is -1.66. The van der Waals surface area contributed by atoms with Crippen molar-refractivity contribution in [3.63, 3.8) is 0 Å². The van der Waals surface area contributed by atoms with Gasteiger partial charge in [-0.2, -0.15) is 0 Å². The molecule has 27 heavy (non-hydrogen) atoms. The van der Waals surface area contributed by atoms with Gasteiger partial charge < -0.3 is 25.4 Å². The van der Waals surface area contributed by atoms with E-state index in [-0.39, 0.29) is 24.8 Å². The summed E-state index contributed by atoms with van der Waals surface area (Å²) in [5.41, 5.74) is 7.95. The third-order valence-electron chi connectivity index (χ3n) is 4.52. The van der Waals surface area contributed by atoms with Crippen molar-refractivity contribution >= 4 is 22.8 Å². The Morgan fingerprint density at radius 3 is 2.78 bits per heavy atom. The van der Waals surface area contributed by atoms with Crippen LogP contribution in [0.5, 0.6) is 0 Å². The molecule has 3 rings (SSSR count). The molecule has 0 amide bonds. The number of rotatable bonds is 9. The van der Waals surface area contributed by atoms with E-state index in [1.54, 1.807) is 0 Å². The lowest BCUT2D eigenvalue weighted by molar-refractivity contribution is 0.0348. The second kappa shape index (κ2) is 9.95. The standard InChI is InChI=1S/C18H27N5O3S/c19-17-18(22-27(25)21-17)20-10-16(24)13-26-12-15-6-4-5-14(9-15)11-23-7-2-1-3-8-23/h4-6,9,16,24H,1-3,7-8,10-13H2,(H2,19,21)(H,20,22). The number of hydrogen-bond donors (Lipinski definition) is 3. The molecular formula is C18H27N5O3S. The molecule has 4 N–H and O–H groups in total. The third-order valence-corrected chi connectivity index (χ3v) is 5.21. The molecule has 0 aliphatic carbocycles. The van der Waals surface area contributed by atoms with Gasteiger partial charge >= 0.3 is 0 Å². The minimum atomic E-state index is -1.66. The first-order valence-electron chi connectivity index (χ1n) is 9.25. The van der Waals surface area contributed by atoms with Gasteiger partial charge in [-0.1, -0.05) is 30.7 Å². The Bertz CT molecular complexity index is 721. The summed E-state index contributed by atoms with van der Waals surface area (Å²) in [5.74, 6) is 0.338. The van der Waals surface area contributed by atoms with Crippen molar-refractivity contribution in [3.05, 3.63) is 35.4 Å². The molecule has 2 unspecified atom stereocenters. The van der Waals surface area contributed by atoms with Crippen LogP contribution >= 0.6 is 11.1 Å². The van der Waals surface area contributed by atoms with Gasteiger partial charge in [0.1, 0.15) is 0 Å². The second-order valence-corrected chi connectivity index (χ2v) is 7.68. The number of ether oxygens (including phenoxy) is 1. The minimum Gasteiger partial charge on any atom is -0.546 e. The maximum atomic E-state index is 11.1. The normalized spacial score (nSPS) is 17.0. The van der Waals surface area contributed by atoms with E-state index in [2.05, 4.69) is 37.2 Å². The number of anilines is 2. The van der Waals surface area contributed by atoms with Gasteiger partial charge in [-0.25, -0.2) is 0 Å². The molecule has 9 heteroatoms. The monoisotopic (exact) mass is 393 g/mol. The highest BCUT2D eigenvalue weighted by Gasteiger charge is 2.14. The van der Waals surface area contributed by atoms with E-state index in [4.69, 9.17) is 10.5 Å². The molecule has 2 aromatic rings. The molecule has 8 nitrogen and oxygen atoms in total. The highest BCUT2D eigenvalue weighted by Crippen LogP contribution is 2.19. The quantitative estimate of drug-likeness (QED) is 0.551. The largest absolute Gasteiger partial charge is 0.546 e. The first-order valence-corrected chi connectivity index (χ1v) is 10.3. The summed E-state index contributed by atoms with van der Waals surface area (Å²) in [6.45, 7) is 4.15. The Labute approximate surface area is 162 Å². The number of aliphatic hydroxyl groups is 1. The molecule has 1 fully saturated rings. The second-order valence-electron chi connectivity index (χ2n) is 6.85. The number of nitrogen functional groups attached to an aromatic ring is 1. The molecule has 0 saturated carbocycles. The van der Waals surface area contributed by atoms with Crippen LogP contribution in [0.25, 0.3) is 0 Å². The molecule has 1 aromatic heterocycles. The molecule has 2 atom stereocenters. The van der Waals surface area contributed by atoms with Crippen molar-refractivity contribution in [2.75, 3.05) is 37.3 Å². The summed E-state index contributed by atoms with van der Waals surface area (Å²) in [4.78, 5) is 2.49. The first kappa shape index (κ1) is 20.0. The number of aromatic nitrogens is 2. The molecule has 0 bridgehead atoms. The fraction of sp³-hybridized carbons (Fsp3) is 0.556. The molecule has 0 radical (unpaired) electrons. The van der Waals surface area contributed by atoms with Crippen molar-refractivity contribution in [2.24, 2.45) is 0 Å². The van der Waals surface area contributed by atoms with Crippen LogP contribution in [0.15, 0.2) is 24.3 Å². The van der Waals surface area contributed by atoms with Crippen LogP contribution in [0.3, 0.4) is 0 Å². The summed E-state index contributed by atoms with van der Waals surface area (Å²) in [6, 6.07) is 8.40. The number of hydrogen-bond acceptors (Lipinski definition) is 8. The van der Waals surface area contributed by atoms with E-state index >= 15 is 0 Å². The van der Waals surface area contributed by atoms with Gasteiger partial charge in [-0.05, 0) is 37.1 Å². The fourth-order valence-corrected chi connectivity index (χ4v) is 3.79. The van der Waals surface area contributed by atoms with Crippen molar-refractivity contribution in [2.45, 2.75) is 38.5 Å². The fourth-order valence-electron chi connectivity index (χ4n) is 3.18. The zero-order valence-corrected chi connectivity index (χ0v) is 16.2. The highest BCUT2D eigenvalue weighted by molar-refractivity contribution is 7.14. The SMILES string of the molecule is Nc1n[s+]([O-])nc1NCC(O)COCc1cccc(CN2CCCCC2)c1. The van der Waals surface area contributed by atoms with Crippen molar-refractivity contribution < 1.29 is 14.4 Å². The number of nitrogens with two attached hydrogens (primary N) is 1. The molecule has 148 valence electrons. The van der Waals surface area contributed by atoms with Crippen LogP contribution in [-0.2, 0) is 17.9 Å². The van der Waals surface area contributed by atoms with Crippen LogP contribution in [0.2, 0.25) is 0 Å². The predicted octanol–water partition coefficient (Wildman–Crippen LogP) is 1.76. The molecule has 1 saturated heterocycles. The number of benzene rings is 1. The van der Waals surface area contributed by atoms with E-state index in [0.717, 1.165) is 12.1 Å².